The summed E-state index contributed by atoms with van der Waals surface area (Å²) < 4.78 is 18.6. The molecule has 2 atom stereocenters. The van der Waals surface area contributed by atoms with Gasteiger partial charge in [-0.25, -0.2) is 4.39 Å². The third-order valence-electron chi connectivity index (χ3n) is 3.12. The first-order chi connectivity index (χ1) is 7.79. The summed E-state index contributed by atoms with van der Waals surface area (Å²) in [5.74, 6) is 0.143. The maximum Gasteiger partial charge on any atom is 0.141 e. The first-order valence-corrected chi connectivity index (χ1v) is 5.70. The number of aromatic nitrogens is 1. The highest BCUT2D eigenvalue weighted by Crippen LogP contribution is 2.28. The molecular formula is C12H17FN2O. The van der Waals surface area contributed by atoms with Crippen LogP contribution in [0.15, 0.2) is 18.5 Å². The Balaban J connectivity index is 1.87. The Bertz CT molecular complexity index is 346. The first kappa shape index (κ1) is 11.5. The average molecular weight is 224 g/mol. The van der Waals surface area contributed by atoms with Crippen LogP contribution in [0, 0.1) is 11.7 Å². The lowest BCUT2D eigenvalue weighted by Gasteiger charge is -2.18. The zero-order valence-electron chi connectivity index (χ0n) is 9.23. The lowest BCUT2D eigenvalue weighted by atomic mass is 10.1. The zero-order chi connectivity index (χ0) is 11.4. The second-order valence-electron chi connectivity index (χ2n) is 4.29. The van der Waals surface area contributed by atoms with Crippen molar-refractivity contribution in [3.05, 3.63) is 29.8 Å². The molecule has 0 bridgehead atoms. The molecule has 0 aromatic carbocycles. The highest BCUT2D eigenvalue weighted by molar-refractivity contribution is 5.08. The van der Waals surface area contributed by atoms with Crippen LogP contribution < -0.4 is 5.73 Å². The Morgan fingerprint density at radius 3 is 3.06 bits per heavy atom. The Morgan fingerprint density at radius 1 is 1.44 bits per heavy atom. The smallest absolute Gasteiger partial charge is 0.141 e. The molecule has 1 aliphatic carbocycles. The lowest BCUT2D eigenvalue weighted by Crippen LogP contribution is -2.25. The molecule has 1 aromatic heterocycles. The molecule has 1 saturated carbocycles. The van der Waals surface area contributed by atoms with Crippen molar-refractivity contribution >= 4 is 0 Å². The van der Waals surface area contributed by atoms with Gasteiger partial charge in [0, 0.05) is 6.20 Å². The van der Waals surface area contributed by atoms with E-state index >= 15 is 0 Å². The number of pyridine rings is 1. The summed E-state index contributed by atoms with van der Waals surface area (Å²) in [5, 5.41) is 0. The predicted octanol–water partition coefficient (Wildman–Crippen LogP) is 1.86. The maximum absolute atomic E-state index is 12.9. The van der Waals surface area contributed by atoms with Crippen LogP contribution in [0.3, 0.4) is 0 Å². The topological polar surface area (TPSA) is 48.1 Å². The van der Waals surface area contributed by atoms with Crippen molar-refractivity contribution in [2.75, 3.05) is 6.54 Å². The van der Waals surface area contributed by atoms with Crippen molar-refractivity contribution in [3.8, 4) is 0 Å². The van der Waals surface area contributed by atoms with Crippen LogP contribution in [0.25, 0.3) is 0 Å². The van der Waals surface area contributed by atoms with Crippen molar-refractivity contribution in [1.82, 2.24) is 4.98 Å². The van der Waals surface area contributed by atoms with Crippen LogP contribution >= 0.6 is 0 Å². The SMILES string of the molecule is NCC1CCCC1OCc1cncc(F)c1. The number of rotatable bonds is 4. The molecule has 3 nitrogen and oxygen atoms in total. The van der Waals surface area contributed by atoms with E-state index in [9.17, 15) is 4.39 Å². The van der Waals surface area contributed by atoms with E-state index in [2.05, 4.69) is 4.98 Å². The normalized spacial score (nSPS) is 24.9. The lowest BCUT2D eigenvalue weighted by molar-refractivity contribution is 0.0180. The van der Waals surface area contributed by atoms with Crippen molar-refractivity contribution in [2.24, 2.45) is 11.7 Å². The maximum atomic E-state index is 12.9. The summed E-state index contributed by atoms with van der Waals surface area (Å²) in [6.07, 6.45) is 6.44. The molecule has 16 heavy (non-hydrogen) atoms. The molecule has 2 rings (SSSR count). The summed E-state index contributed by atoms with van der Waals surface area (Å²) in [6, 6.07) is 1.46. The molecule has 2 unspecified atom stereocenters. The summed E-state index contributed by atoms with van der Waals surface area (Å²) >= 11 is 0. The van der Waals surface area contributed by atoms with Gasteiger partial charge in [-0.3, -0.25) is 4.98 Å². The number of nitrogens with zero attached hydrogens (tertiary/aromatic N) is 1. The van der Waals surface area contributed by atoms with Gasteiger partial charge < -0.3 is 10.5 Å². The number of hydrogen-bond acceptors (Lipinski definition) is 3. The van der Waals surface area contributed by atoms with Gasteiger partial charge in [0.15, 0.2) is 0 Å². The quantitative estimate of drug-likeness (QED) is 0.849. The average Bonchev–Trinajstić information content (AvgIpc) is 2.74. The fourth-order valence-corrected chi connectivity index (χ4v) is 2.23. The van der Waals surface area contributed by atoms with E-state index < -0.39 is 0 Å². The third kappa shape index (κ3) is 2.77. The van der Waals surface area contributed by atoms with Gasteiger partial charge in [0.2, 0.25) is 0 Å². The number of halogens is 1. The van der Waals surface area contributed by atoms with E-state index in [1.54, 1.807) is 6.20 Å². The van der Waals surface area contributed by atoms with Gasteiger partial charge in [0.25, 0.3) is 0 Å². The van der Waals surface area contributed by atoms with E-state index in [0.717, 1.165) is 18.4 Å². The predicted molar refractivity (Wildman–Crippen MR) is 59.2 cm³/mol. The molecule has 4 heteroatoms. The largest absolute Gasteiger partial charge is 0.373 e. The summed E-state index contributed by atoms with van der Waals surface area (Å²) in [7, 11) is 0. The minimum atomic E-state index is -0.317. The van der Waals surface area contributed by atoms with Gasteiger partial charge in [-0.05, 0) is 36.9 Å². The van der Waals surface area contributed by atoms with Crippen LogP contribution in [0.5, 0.6) is 0 Å². The second-order valence-corrected chi connectivity index (χ2v) is 4.29. The number of ether oxygens (including phenoxy) is 1. The molecule has 1 aromatic rings. The summed E-state index contributed by atoms with van der Waals surface area (Å²) in [5.41, 5.74) is 6.45. The molecule has 0 aliphatic heterocycles. The van der Waals surface area contributed by atoms with Crippen LogP contribution in [0.2, 0.25) is 0 Å². The molecule has 0 spiro atoms. The molecule has 1 fully saturated rings. The Hall–Kier alpha value is -1.00. The van der Waals surface area contributed by atoms with Crippen LogP contribution in [-0.2, 0) is 11.3 Å². The Labute approximate surface area is 94.8 Å². The van der Waals surface area contributed by atoms with E-state index in [1.807, 2.05) is 0 Å². The fraction of sp³-hybridized carbons (Fsp3) is 0.583. The Morgan fingerprint density at radius 2 is 2.31 bits per heavy atom. The summed E-state index contributed by atoms with van der Waals surface area (Å²) in [4.78, 5) is 3.79. The van der Waals surface area contributed by atoms with Crippen molar-refractivity contribution < 1.29 is 9.13 Å². The molecule has 88 valence electrons. The highest BCUT2D eigenvalue weighted by Gasteiger charge is 2.26. The van der Waals surface area contributed by atoms with Crippen LogP contribution in [0.4, 0.5) is 4.39 Å². The van der Waals surface area contributed by atoms with Gasteiger partial charge in [-0.2, -0.15) is 0 Å². The monoisotopic (exact) mass is 224 g/mol. The van der Waals surface area contributed by atoms with Gasteiger partial charge in [-0.15, -0.1) is 0 Å². The molecule has 0 radical (unpaired) electrons. The molecule has 1 heterocycles. The molecule has 2 N–H and O–H groups in total. The molecule has 0 saturated heterocycles. The van der Waals surface area contributed by atoms with E-state index in [4.69, 9.17) is 10.5 Å². The van der Waals surface area contributed by atoms with Crippen molar-refractivity contribution in [3.63, 3.8) is 0 Å². The van der Waals surface area contributed by atoms with Gasteiger partial charge >= 0.3 is 0 Å². The number of hydrogen-bond donors (Lipinski definition) is 1. The van der Waals surface area contributed by atoms with Gasteiger partial charge in [0.1, 0.15) is 5.82 Å². The van der Waals surface area contributed by atoms with E-state index in [0.29, 0.717) is 19.1 Å². The van der Waals surface area contributed by atoms with E-state index in [-0.39, 0.29) is 11.9 Å². The molecule has 0 amide bonds. The summed E-state index contributed by atoms with van der Waals surface area (Å²) in [6.45, 7) is 1.10. The second kappa shape index (κ2) is 5.37. The molecule has 1 aliphatic rings. The minimum absolute atomic E-state index is 0.230. The Kier molecular flexibility index (Phi) is 3.85. The fourth-order valence-electron chi connectivity index (χ4n) is 2.23. The minimum Gasteiger partial charge on any atom is -0.373 e. The highest BCUT2D eigenvalue weighted by atomic mass is 19.1. The van der Waals surface area contributed by atoms with Crippen LogP contribution in [0.1, 0.15) is 24.8 Å². The van der Waals surface area contributed by atoms with Crippen LogP contribution in [-0.4, -0.2) is 17.6 Å². The molecular weight excluding hydrogens is 207 g/mol. The van der Waals surface area contributed by atoms with Crippen molar-refractivity contribution in [1.29, 1.82) is 0 Å². The van der Waals surface area contributed by atoms with E-state index in [1.165, 1.54) is 18.7 Å². The number of nitrogens with two attached hydrogens (primary N) is 1. The first-order valence-electron chi connectivity index (χ1n) is 5.70. The third-order valence-corrected chi connectivity index (χ3v) is 3.12. The van der Waals surface area contributed by atoms with Gasteiger partial charge in [-0.1, -0.05) is 6.42 Å². The van der Waals surface area contributed by atoms with Crippen molar-refractivity contribution in [2.45, 2.75) is 32.0 Å². The van der Waals surface area contributed by atoms with Gasteiger partial charge in [0.05, 0.1) is 18.9 Å². The standard InChI is InChI=1S/C12H17FN2O/c13-11-4-9(6-15-7-11)8-16-12-3-1-2-10(12)5-14/h4,6-7,10,12H,1-3,5,8,14H2. The zero-order valence-corrected chi connectivity index (χ0v) is 9.23.